The maximum atomic E-state index is 5.53. The molecule has 3 aromatic heterocycles. The van der Waals surface area contributed by atoms with Gasteiger partial charge in [-0.3, -0.25) is 4.57 Å². The molecule has 190 valence electrons. The number of nitrogens with zero attached hydrogens (tertiary/aromatic N) is 7. The number of anilines is 1. The highest BCUT2D eigenvalue weighted by Crippen LogP contribution is 2.33. The molecule has 4 heterocycles. The summed E-state index contributed by atoms with van der Waals surface area (Å²) in [5, 5.41) is 0.950. The van der Waals surface area contributed by atoms with E-state index in [-0.39, 0.29) is 0 Å². The van der Waals surface area contributed by atoms with Crippen molar-refractivity contribution in [2.24, 2.45) is 0 Å². The fourth-order valence-electron chi connectivity index (χ4n) is 4.66. The van der Waals surface area contributed by atoms with Gasteiger partial charge in [-0.2, -0.15) is 0 Å². The highest BCUT2D eigenvalue weighted by atomic mass is 16.5. The Labute approximate surface area is 220 Å². The number of ether oxygens (including phenoxy) is 2. The molecule has 0 unspecified atom stereocenters. The van der Waals surface area contributed by atoms with E-state index in [2.05, 4.69) is 9.88 Å². The fourth-order valence-corrected chi connectivity index (χ4v) is 4.66. The van der Waals surface area contributed by atoms with Crippen LogP contribution in [0, 0.1) is 0 Å². The maximum Gasteiger partial charge on any atom is 0.161 e. The Morgan fingerprint density at radius 2 is 1.61 bits per heavy atom. The molecule has 38 heavy (non-hydrogen) atoms. The van der Waals surface area contributed by atoms with Crippen LogP contribution in [0.4, 0.5) is 5.82 Å². The molecule has 0 spiro atoms. The molecule has 0 bridgehead atoms. The number of hydrogen-bond donors (Lipinski definition) is 0. The van der Waals surface area contributed by atoms with Crippen molar-refractivity contribution in [2.75, 3.05) is 32.2 Å². The first kappa shape index (κ1) is 23.6. The van der Waals surface area contributed by atoms with Crippen LogP contribution in [0.2, 0.25) is 0 Å². The zero-order chi connectivity index (χ0) is 25.9. The number of methoxy groups -OCH3 is 2. The average molecular weight is 506 g/mol. The predicted molar refractivity (Wildman–Crippen MR) is 148 cm³/mol. The quantitative estimate of drug-likeness (QED) is 0.303. The zero-order valence-electron chi connectivity index (χ0n) is 21.3. The van der Waals surface area contributed by atoms with Gasteiger partial charge in [0, 0.05) is 42.5 Å². The van der Waals surface area contributed by atoms with E-state index in [0.717, 1.165) is 59.7 Å². The van der Waals surface area contributed by atoms with Gasteiger partial charge < -0.3 is 14.4 Å². The standard InChI is InChI=1S/C29H27N7O2/c1-37-24-10-9-20(17-25(24)38-2)23-18-28(35-14-5-6-15-35)33-26(32-23)11-12-27-31-22-8-4-3-7-21(22)29(34-27)36-16-13-30-19-36/h3-4,7-13,16-19H,5-6,14-15H2,1-2H3. The molecule has 1 fully saturated rings. The van der Waals surface area contributed by atoms with Crippen molar-refractivity contribution in [2.45, 2.75) is 12.8 Å². The summed E-state index contributed by atoms with van der Waals surface area (Å²) in [5.74, 6) is 4.15. The molecule has 1 saturated heterocycles. The van der Waals surface area contributed by atoms with Gasteiger partial charge in [0.1, 0.15) is 18.0 Å². The van der Waals surface area contributed by atoms with Gasteiger partial charge in [0.15, 0.2) is 23.1 Å². The van der Waals surface area contributed by atoms with Crippen LogP contribution in [-0.4, -0.2) is 56.8 Å². The monoisotopic (exact) mass is 505 g/mol. The van der Waals surface area contributed by atoms with Crippen molar-refractivity contribution in [1.82, 2.24) is 29.5 Å². The minimum Gasteiger partial charge on any atom is -0.493 e. The van der Waals surface area contributed by atoms with Crippen molar-refractivity contribution >= 4 is 28.9 Å². The Bertz CT molecular complexity index is 1610. The number of fused-ring (bicyclic) bond motifs is 1. The third kappa shape index (κ3) is 4.66. The molecule has 0 atom stereocenters. The minimum atomic E-state index is 0.565. The van der Waals surface area contributed by atoms with Crippen molar-refractivity contribution < 1.29 is 9.47 Å². The summed E-state index contributed by atoms with van der Waals surface area (Å²) < 4.78 is 12.8. The fraction of sp³-hybridized carbons (Fsp3) is 0.207. The van der Waals surface area contributed by atoms with Gasteiger partial charge in [0.2, 0.25) is 0 Å². The first-order valence-corrected chi connectivity index (χ1v) is 12.5. The normalized spacial score (nSPS) is 13.5. The van der Waals surface area contributed by atoms with Gasteiger partial charge >= 0.3 is 0 Å². The van der Waals surface area contributed by atoms with Crippen molar-refractivity contribution in [3.63, 3.8) is 0 Å². The smallest absolute Gasteiger partial charge is 0.161 e. The van der Waals surface area contributed by atoms with Crippen molar-refractivity contribution in [1.29, 1.82) is 0 Å². The van der Waals surface area contributed by atoms with Crippen molar-refractivity contribution in [3.8, 4) is 28.6 Å². The second kappa shape index (κ2) is 10.3. The van der Waals surface area contributed by atoms with Crippen LogP contribution in [0.1, 0.15) is 24.5 Å². The molecule has 9 heteroatoms. The molecule has 1 aliphatic rings. The minimum absolute atomic E-state index is 0.565. The van der Waals surface area contributed by atoms with Gasteiger partial charge in [0.25, 0.3) is 0 Å². The van der Waals surface area contributed by atoms with E-state index in [1.807, 2.05) is 71.4 Å². The Kier molecular flexibility index (Phi) is 6.39. The predicted octanol–water partition coefficient (Wildman–Crippen LogP) is 5.06. The van der Waals surface area contributed by atoms with Crippen molar-refractivity contribution in [3.05, 3.63) is 78.9 Å². The van der Waals surface area contributed by atoms with E-state index in [1.165, 1.54) is 0 Å². The molecular weight excluding hydrogens is 478 g/mol. The number of benzene rings is 2. The Balaban J connectivity index is 1.42. The van der Waals surface area contributed by atoms with Gasteiger partial charge in [-0.1, -0.05) is 12.1 Å². The van der Waals surface area contributed by atoms with Crippen LogP contribution >= 0.6 is 0 Å². The maximum absolute atomic E-state index is 5.53. The Morgan fingerprint density at radius 1 is 0.816 bits per heavy atom. The second-order valence-electron chi connectivity index (χ2n) is 8.96. The van der Waals surface area contributed by atoms with Crippen LogP contribution in [0.25, 0.3) is 40.1 Å². The molecule has 6 rings (SSSR count). The van der Waals surface area contributed by atoms with Crippen LogP contribution in [0.3, 0.4) is 0 Å². The van der Waals surface area contributed by atoms with Gasteiger partial charge in [0.05, 0.1) is 25.4 Å². The third-order valence-electron chi connectivity index (χ3n) is 6.57. The van der Waals surface area contributed by atoms with Gasteiger partial charge in [-0.05, 0) is 55.3 Å². The summed E-state index contributed by atoms with van der Waals surface area (Å²) in [6.45, 7) is 1.96. The lowest BCUT2D eigenvalue weighted by Crippen LogP contribution is -2.19. The first-order valence-electron chi connectivity index (χ1n) is 12.5. The van der Waals surface area contributed by atoms with Gasteiger partial charge in [-0.15, -0.1) is 0 Å². The molecule has 0 N–H and O–H groups in total. The molecular formula is C29H27N7O2. The highest BCUT2D eigenvalue weighted by Gasteiger charge is 2.17. The summed E-state index contributed by atoms with van der Waals surface area (Å²) in [4.78, 5) is 25.8. The lowest BCUT2D eigenvalue weighted by atomic mass is 10.1. The largest absolute Gasteiger partial charge is 0.493 e. The molecule has 5 aromatic rings. The second-order valence-corrected chi connectivity index (χ2v) is 8.96. The summed E-state index contributed by atoms with van der Waals surface area (Å²) in [6, 6.07) is 15.8. The molecule has 9 nitrogen and oxygen atoms in total. The van der Waals surface area contributed by atoms with E-state index in [0.29, 0.717) is 23.1 Å². The Morgan fingerprint density at radius 3 is 2.37 bits per heavy atom. The van der Waals surface area contributed by atoms with Gasteiger partial charge in [-0.25, -0.2) is 24.9 Å². The number of aromatic nitrogens is 6. The lowest BCUT2D eigenvalue weighted by Gasteiger charge is -2.18. The molecule has 0 radical (unpaired) electrons. The van der Waals surface area contributed by atoms with Crippen LogP contribution < -0.4 is 14.4 Å². The lowest BCUT2D eigenvalue weighted by molar-refractivity contribution is 0.355. The van der Waals surface area contributed by atoms with E-state index in [1.54, 1.807) is 26.7 Å². The summed E-state index contributed by atoms with van der Waals surface area (Å²) in [6.07, 6.45) is 11.4. The van der Waals surface area contributed by atoms with Crippen LogP contribution in [0.15, 0.2) is 67.3 Å². The summed E-state index contributed by atoms with van der Waals surface area (Å²) in [5.41, 5.74) is 2.58. The molecule has 0 amide bonds. The zero-order valence-corrected chi connectivity index (χ0v) is 21.3. The van der Waals surface area contributed by atoms with E-state index in [9.17, 15) is 0 Å². The molecule has 1 aliphatic heterocycles. The van der Waals surface area contributed by atoms with E-state index in [4.69, 9.17) is 29.4 Å². The number of rotatable bonds is 7. The first-order chi connectivity index (χ1) is 18.7. The number of hydrogen-bond acceptors (Lipinski definition) is 8. The average Bonchev–Trinajstić information content (AvgIpc) is 3.70. The number of imidazole rings is 1. The summed E-state index contributed by atoms with van der Waals surface area (Å²) in [7, 11) is 3.26. The summed E-state index contributed by atoms with van der Waals surface area (Å²) >= 11 is 0. The Hall–Kier alpha value is -4.79. The van der Waals surface area contributed by atoms with E-state index < -0.39 is 0 Å². The topological polar surface area (TPSA) is 91.1 Å². The third-order valence-corrected chi connectivity index (χ3v) is 6.57. The highest BCUT2D eigenvalue weighted by molar-refractivity contribution is 5.86. The molecule has 0 saturated carbocycles. The molecule has 2 aromatic carbocycles. The van der Waals surface area contributed by atoms with E-state index >= 15 is 0 Å². The van der Waals surface area contributed by atoms with Crippen LogP contribution in [0.5, 0.6) is 11.5 Å². The SMILES string of the molecule is COc1ccc(-c2cc(N3CCCC3)nc(C=Cc3nc(-n4ccnc4)c4ccccc4n3)n2)cc1OC. The molecule has 0 aliphatic carbocycles. The number of para-hydroxylation sites is 1. The van der Waals surface area contributed by atoms with Crippen LogP contribution in [-0.2, 0) is 0 Å².